The number of aliphatic hydroxyl groups is 1. The molecule has 0 aliphatic carbocycles. The number of rotatable bonds is 4. The molecule has 0 saturated carbocycles. The Morgan fingerprint density at radius 1 is 1.28 bits per heavy atom. The van der Waals surface area contributed by atoms with Gasteiger partial charge in [-0.2, -0.15) is 0 Å². The molecular formula is C15H22O3. The summed E-state index contributed by atoms with van der Waals surface area (Å²) in [6.07, 6.45) is 0. The molecule has 0 heterocycles. The van der Waals surface area contributed by atoms with Gasteiger partial charge in [0.15, 0.2) is 0 Å². The van der Waals surface area contributed by atoms with Gasteiger partial charge in [-0.15, -0.1) is 0 Å². The van der Waals surface area contributed by atoms with Crippen LogP contribution in [0.3, 0.4) is 0 Å². The molecule has 0 amide bonds. The van der Waals surface area contributed by atoms with Gasteiger partial charge in [0.25, 0.3) is 0 Å². The van der Waals surface area contributed by atoms with E-state index in [0.717, 1.165) is 5.56 Å². The van der Waals surface area contributed by atoms with E-state index in [9.17, 15) is 9.90 Å². The smallest absolute Gasteiger partial charge is 0.309 e. The number of hydrogen-bond donors (Lipinski definition) is 1. The van der Waals surface area contributed by atoms with E-state index in [4.69, 9.17) is 4.74 Å². The van der Waals surface area contributed by atoms with Gasteiger partial charge in [0, 0.05) is 5.92 Å². The van der Waals surface area contributed by atoms with Gasteiger partial charge in [-0.1, -0.05) is 37.3 Å². The fraction of sp³-hybridized carbons (Fsp3) is 0.533. The second-order valence-corrected chi connectivity index (χ2v) is 5.52. The molecule has 0 aliphatic rings. The standard InChI is InChI=1S/C15H22O3/c1-11(14(17)18-15(2,3)4)13(10-16)12-8-6-5-7-9-12/h5-9,11,13,16H,10H2,1-4H3/t11-,13-/m1/s1. The third-order valence-corrected chi connectivity index (χ3v) is 2.81. The van der Waals surface area contributed by atoms with Gasteiger partial charge in [-0.25, -0.2) is 0 Å². The average Bonchev–Trinajstić information content (AvgIpc) is 2.29. The van der Waals surface area contributed by atoms with E-state index in [0.29, 0.717) is 0 Å². The Hall–Kier alpha value is -1.35. The number of benzene rings is 1. The first-order valence-corrected chi connectivity index (χ1v) is 6.24. The predicted molar refractivity (Wildman–Crippen MR) is 71.3 cm³/mol. The van der Waals surface area contributed by atoms with Crippen molar-refractivity contribution in [1.29, 1.82) is 0 Å². The average molecular weight is 250 g/mol. The van der Waals surface area contributed by atoms with Crippen molar-refractivity contribution in [3.8, 4) is 0 Å². The molecule has 3 heteroatoms. The minimum Gasteiger partial charge on any atom is -0.460 e. The summed E-state index contributed by atoms with van der Waals surface area (Å²) in [4.78, 5) is 12.0. The van der Waals surface area contributed by atoms with Crippen molar-refractivity contribution in [2.75, 3.05) is 6.61 Å². The zero-order chi connectivity index (χ0) is 13.8. The normalized spacial score (nSPS) is 14.9. The van der Waals surface area contributed by atoms with Crippen LogP contribution < -0.4 is 0 Å². The zero-order valence-electron chi connectivity index (χ0n) is 11.5. The van der Waals surface area contributed by atoms with Crippen molar-refractivity contribution in [2.45, 2.75) is 39.2 Å². The van der Waals surface area contributed by atoms with Crippen LogP contribution in [0.2, 0.25) is 0 Å². The van der Waals surface area contributed by atoms with Crippen LogP contribution in [0.25, 0.3) is 0 Å². The molecule has 0 aromatic heterocycles. The Balaban J connectivity index is 2.80. The van der Waals surface area contributed by atoms with Gasteiger partial charge in [0.2, 0.25) is 0 Å². The number of carbonyl (C=O) groups excluding carboxylic acids is 1. The monoisotopic (exact) mass is 250 g/mol. The summed E-state index contributed by atoms with van der Waals surface area (Å²) in [5.74, 6) is -0.858. The van der Waals surface area contributed by atoms with E-state index in [-0.39, 0.29) is 24.4 Å². The van der Waals surface area contributed by atoms with Crippen LogP contribution in [0, 0.1) is 5.92 Å². The first kappa shape index (κ1) is 14.7. The first-order chi connectivity index (χ1) is 8.35. The molecule has 1 aromatic rings. The molecule has 2 atom stereocenters. The minimum absolute atomic E-state index is 0.0651. The molecule has 1 rings (SSSR count). The molecule has 1 aromatic carbocycles. The molecule has 0 aliphatic heterocycles. The van der Waals surface area contributed by atoms with Gasteiger partial charge in [-0.3, -0.25) is 4.79 Å². The topological polar surface area (TPSA) is 46.5 Å². The number of ether oxygens (including phenoxy) is 1. The minimum atomic E-state index is -0.498. The third-order valence-electron chi connectivity index (χ3n) is 2.81. The molecule has 0 spiro atoms. The van der Waals surface area contributed by atoms with Crippen LogP contribution in [0.4, 0.5) is 0 Å². The Morgan fingerprint density at radius 2 is 1.83 bits per heavy atom. The number of hydrogen-bond acceptors (Lipinski definition) is 3. The summed E-state index contributed by atoms with van der Waals surface area (Å²) in [6.45, 7) is 7.25. The quantitative estimate of drug-likeness (QED) is 0.836. The predicted octanol–water partition coefficient (Wildman–Crippen LogP) is 2.74. The lowest BCUT2D eigenvalue weighted by molar-refractivity contribution is -0.160. The third kappa shape index (κ3) is 4.15. The fourth-order valence-corrected chi connectivity index (χ4v) is 1.81. The van der Waals surface area contributed by atoms with Gasteiger partial charge in [-0.05, 0) is 26.3 Å². The van der Waals surface area contributed by atoms with Gasteiger partial charge in [0.1, 0.15) is 5.60 Å². The lowest BCUT2D eigenvalue weighted by Gasteiger charge is -2.26. The summed E-state index contributed by atoms with van der Waals surface area (Å²) in [7, 11) is 0. The summed E-state index contributed by atoms with van der Waals surface area (Å²) in [6, 6.07) is 9.55. The van der Waals surface area contributed by atoms with Crippen LogP contribution in [0.15, 0.2) is 30.3 Å². The molecular weight excluding hydrogens is 228 g/mol. The van der Waals surface area contributed by atoms with Crippen molar-refractivity contribution in [2.24, 2.45) is 5.92 Å². The molecule has 3 nitrogen and oxygen atoms in total. The highest BCUT2D eigenvalue weighted by Crippen LogP contribution is 2.26. The molecule has 0 saturated heterocycles. The van der Waals surface area contributed by atoms with Crippen LogP contribution in [-0.4, -0.2) is 23.3 Å². The molecule has 0 unspecified atom stereocenters. The van der Waals surface area contributed by atoms with E-state index in [1.54, 1.807) is 6.92 Å². The van der Waals surface area contributed by atoms with E-state index in [1.165, 1.54) is 0 Å². The lowest BCUT2D eigenvalue weighted by atomic mass is 9.88. The van der Waals surface area contributed by atoms with Crippen molar-refractivity contribution in [3.63, 3.8) is 0 Å². The maximum absolute atomic E-state index is 12.0. The van der Waals surface area contributed by atoms with E-state index in [1.807, 2.05) is 51.1 Å². The van der Waals surface area contributed by atoms with Crippen LogP contribution >= 0.6 is 0 Å². The molecule has 1 N–H and O–H groups in total. The lowest BCUT2D eigenvalue weighted by Crippen LogP contribution is -2.31. The van der Waals surface area contributed by atoms with E-state index in [2.05, 4.69) is 0 Å². The number of aliphatic hydroxyl groups excluding tert-OH is 1. The Kier molecular flexibility index (Phi) is 4.91. The van der Waals surface area contributed by atoms with Gasteiger partial charge in [0.05, 0.1) is 12.5 Å². The largest absolute Gasteiger partial charge is 0.460 e. The van der Waals surface area contributed by atoms with Crippen molar-refractivity contribution >= 4 is 5.97 Å². The van der Waals surface area contributed by atoms with Crippen LogP contribution in [0.5, 0.6) is 0 Å². The highest BCUT2D eigenvalue weighted by Gasteiger charge is 2.29. The van der Waals surface area contributed by atoms with Crippen LogP contribution in [-0.2, 0) is 9.53 Å². The maximum atomic E-state index is 12.0. The SMILES string of the molecule is C[C@@H](C(=O)OC(C)(C)C)[C@@H](CO)c1ccccc1. The van der Waals surface area contributed by atoms with E-state index >= 15 is 0 Å². The highest BCUT2D eigenvalue weighted by molar-refractivity contribution is 5.73. The Labute approximate surface area is 109 Å². The summed E-state index contributed by atoms with van der Waals surface area (Å²) >= 11 is 0. The Morgan fingerprint density at radius 3 is 2.28 bits per heavy atom. The van der Waals surface area contributed by atoms with Gasteiger partial charge >= 0.3 is 5.97 Å². The van der Waals surface area contributed by atoms with Crippen molar-refractivity contribution in [3.05, 3.63) is 35.9 Å². The van der Waals surface area contributed by atoms with E-state index < -0.39 is 5.60 Å². The first-order valence-electron chi connectivity index (χ1n) is 6.24. The molecule has 0 radical (unpaired) electrons. The summed E-state index contributed by atoms with van der Waals surface area (Å²) in [5.41, 5.74) is 0.459. The molecule has 100 valence electrons. The van der Waals surface area contributed by atoms with Crippen LogP contribution in [0.1, 0.15) is 39.2 Å². The molecule has 18 heavy (non-hydrogen) atoms. The second kappa shape index (κ2) is 6.01. The molecule has 0 fully saturated rings. The van der Waals surface area contributed by atoms with Crippen molar-refractivity contribution < 1.29 is 14.6 Å². The summed E-state index contributed by atoms with van der Waals surface area (Å²) in [5, 5.41) is 9.49. The van der Waals surface area contributed by atoms with Gasteiger partial charge < -0.3 is 9.84 Å². The number of carbonyl (C=O) groups is 1. The zero-order valence-corrected chi connectivity index (χ0v) is 11.5. The van der Waals surface area contributed by atoms with Crippen molar-refractivity contribution in [1.82, 2.24) is 0 Å². The second-order valence-electron chi connectivity index (χ2n) is 5.52. The highest BCUT2D eigenvalue weighted by atomic mass is 16.6. The Bertz CT molecular complexity index is 378. The fourth-order valence-electron chi connectivity index (χ4n) is 1.81. The number of esters is 1. The maximum Gasteiger partial charge on any atom is 0.309 e. The molecule has 0 bridgehead atoms. The summed E-state index contributed by atoms with van der Waals surface area (Å²) < 4.78 is 5.35.